The third-order valence-electron chi connectivity index (χ3n) is 3.69. The molecule has 0 amide bonds. The van der Waals surface area contributed by atoms with E-state index in [9.17, 15) is 5.11 Å². The average molecular weight is 314 g/mol. The Bertz CT molecular complexity index is 397. The quantitative estimate of drug-likeness (QED) is 0.922. The summed E-state index contributed by atoms with van der Waals surface area (Å²) in [7, 11) is 0. The third kappa shape index (κ3) is 3.23. The number of pyridine rings is 1. The molecule has 0 spiro atoms. The molecule has 2 rings (SSSR count). The summed E-state index contributed by atoms with van der Waals surface area (Å²) in [5.41, 5.74) is 0.754. The zero-order valence-corrected chi connectivity index (χ0v) is 12.3. The van der Waals surface area contributed by atoms with Gasteiger partial charge < -0.3 is 9.84 Å². The second-order valence-corrected chi connectivity index (χ2v) is 5.80. The van der Waals surface area contributed by atoms with Gasteiger partial charge >= 0.3 is 0 Å². The molecule has 0 saturated heterocycles. The Kier molecular flexibility index (Phi) is 5.01. The molecule has 0 radical (unpaired) electrons. The average Bonchev–Trinajstić information content (AvgIpc) is 2.41. The van der Waals surface area contributed by atoms with Gasteiger partial charge in [0.15, 0.2) is 0 Å². The van der Waals surface area contributed by atoms with Crippen LogP contribution in [0.25, 0.3) is 0 Å². The summed E-state index contributed by atoms with van der Waals surface area (Å²) in [6.45, 7) is 2.18. The monoisotopic (exact) mass is 313 g/mol. The lowest BCUT2D eigenvalue weighted by Crippen LogP contribution is -2.30. The van der Waals surface area contributed by atoms with Gasteiger partial charge in [0.25, 0.3) is 0 Å². The summed E-state index contributed by atoms with van der Waals surface area (Å²) in [6.07, 6.45) is 7.99. The van der Waals surface area contributed by atoms with Crippen LogP contribution in [0.5, 0.6) is 5.88 Å². The van der Waals surface area contributed by atoms with E-state index in [0.29, 0.717) is 11.8 Å². The molecule has 2 unspecified atom stereocenters. The van der Waals surface area contributed by atoms with Gasteiger partial charge in [-0.05, 0) is 53.6 Å². The number of aliphatic hydroxyl groups is 1. The predicted molar refractivity (Wildman–Crippen MR) is 74.5 cm³/mol. The van der Waals surface area contributed by atoms with E-state index < -0.39 is 0 Å². The van der Waals surface area contributed by atoms with E-state index >= 15 is 0 Å². The molecule has 1 N–H and O–H groups in total. The van der Waals surface area contributed by atoms with Gasteiger partial charge in [0.1, 0.15) is 6.10 Å². The molecular weight excluding hydrogens is 294 g/mol. The van der Waals surface area contributed by atoms with Gasteiger partial charge in [0.2, 0.25) is 5.88 Å². The molecule has 4 heteroatoms. The maximum Gasteiger partial charge on any atom is 0.219 e. The first-order valence-corrected chi connectivity index (χ1v) is 7.45. The molecule has 100 valence electrons. The van der Waals surface area contributed by atoms with Gasteiger partial charge in [0.05, 0.1) is 6.61 Å². The first-order valence-electron chi connectivity index (χ1n) is 6.66. The highest BCUT2D eigenvalue weighted by Crippen LogP contribution is 2.31. The number of hydrogen-bond donors (Lipinski definition) is 1. The van der Waals surface area contributed by atoms with E-state index in [2.05, 4.69) is 27.8 Å². The minimum absolute atomic E-state index is 0.0364. The summed E-state index contributed by atoms with van der Waals surface area (Å²) < 4.78 is 6.91. The van der Waals surface area contributed by atoms with Crippen LogP contribution in [0.4, 0.5) is 0 Å². The van der Waals surface area contributed by atoms with Gasteiger partial charge in [-0.1, -0.05) is 13.3 Å². The summed E-state index contributed by atoms with van der Waals surface area (Å²) in [4.78, 5) is 4.28. The van der Waals surface area contributed by atoms with E-state index in [-0.39, 0.29) is 12.7 Å². The van der Waals surface area contributed by atoms with Gasteiger partial charge in [0, 0.05) is 16.2 Å². The molecule has 0 aromatic carbocycles. The van der Waals surface area contributed by atoms with Crippen LogP contribution in [0.3, 0.4) is 0 Å². The van der Waals surface area contributed by atoms with Crippen molar-refractivity contribution >= 4 is 15.9 Å². The Labute approximate surface area is 117 Å². The molecule has 2 atom stereocenters. The predicted octanol–water partition coefficient (Wildman–Crippen LogP) is 3.68. The largest absolute Gasteiger partial charge is 0.474 e. The zero-order valence-electron chi connectivity index (χ0n) is 10.7. The van der Waals surface area contributed by atoms with Crippen molar-refractivity contribution in [2.45, 2.75) is 51.7 Å². The Morgan fingerprint density at radius 3 is 2.94 bits per heavy atom. The maximum absolute atomic E-state index is 9.35. The first kappa shape index (κ1) is 13.8. The van der Waals surface area contributed by atoms with Crippen LogP contribution < -0.4 is 4.74 Å². The van der Waals surface area contributed by atoms with Crippen LogP contribution in [-0.4, -0.2) is 16.2 Å². The van der Waals surface area contributed by atoms with Crippen LogP contribution in [-0.2, 0) is 6.61 Å². The molecule has 1 aromatic heterocycles. The van der Waals surface area contributed by atoms with Crippen molar-refractivity contribution in [3.8, 4) is 5.88 Å². The van der Waals surface area contributed by atoms with Crippen molar-refractivity contribution in [2.75, 3.05) is 0 Å². The molecule has 0 aliphatic heterocycles. The number of aromatic nitrogens is 1. The first-order chi connectivity index (χ1) is 8.74. The van der Waals surface area contributed by atoms with Crippen molar-refractivity contribution in [2.24, 2.45) is 5.92 Å². The lowest BCUT2D eigenvalue weighted by Gasteiger charge is -2.31. The van der Waals surface area contributed by atoms with Gasteiger partial charge in [-0.25, -0.2) is 4.98 Å². The zero-order chi connectivity index (χ0) is 13.0. The number of hydrogen-bond acceptors (Lipinski definition) is 3. The van der Waals surface area contributed by atoms with Crippen LogP contribution in [0.2, 0.25) is 0 Å². The van der Waals surface area contributed by atoms with Crippen molar-refractivity contribution in [1.29, 1.82) is 0 Å². The molecule has 3 nitrogen and oxygen atoms in total. The Balaban J connectivity index is 2.12. The lowest BCUT2D eigenvalue weighted by molar-refractivity contribution is 0.0830. The number of nitrogens with zero attached hydrogens (tertiary/aromatic N) is 1. The SMILES string of the molecule is CCC1CCCCC1Oc1ncc(Br)cc1CO. The molecule has 1 saturated carbocycles. The standard InChI is InChI=1S/C14H20BrNO2/c1-2-10-5-3-4-6-13(10)18-14-11(9-17)7-12(15)8-16-14/h7-8,10,13,17H,2-6,9H2,1H3. The molecule has 18 heavy (non-hydrogen) atoms. The van der Waals surface area contributed by atoms with E-state index in [0.717, 1.165) is 22.9 Å². The summed E-state index contributed by atoms with van der Waals surface area (Å²) in [5, 5.41) is 9.35. The summed E-state index contributed by atoms with van der Waals surface area (Å²) in [5.74, 6) is 1.21. The van der Waals surface area contributed by atoms with E-state index in [1.165, 1.54) is 19.3 Å². The normalized spacial score (nSPS) is 23.9. The van der Waals surface area contributed by atoms with E-state index in [1.807, 2.05) is 6.07 Å². The number of ether oxygens (including phenoxy) is 1. The highest BCUT2D eigenvalue weighted by Gasteiger charge is 2.26. The number of rotatable bonds is 4. The topological polar surface area (TPSA) is 42.4 Å². The molecule has 1 aliphatic rings. The highest BCUT2D eigenvalue weighted by molar-refractivity contribution is 9.10. The number of halogens is 1. The Morgan fingerprint density at radius 1 is 1.44 bits per heavy atom. The Hall–Kier alpha value is -0.610. The van der Waals surface area contributed by atoms with E-state index in [4.69, 9.17) is 4.74 Å². The van der Waals surface area contributed by atoms with Crippen LogP contribution in [0.15, 0.2) is 16.7 Å². The molecule has 1 fully saturated rings. The van der Waals surface area contributed by atoms with Gasteiger partial charge in [-0.3, -0.25) is 0 Å². The maximum atomic E-state index is 9.35. The molecule has 1 heterocycles. The van der Waals surface area contributed by atoms with Crippen molar-refractivity contribution < 1.29 is 9.84 Å². The minimum atomic E-state index is -0.0364. The highest BCUT2D eigenvalue weighted by atomic mass is 79.9. The van der Waals surface area contributed by atoms with Gasteiger partial charge in [-0.15, -0.1) is 0 Å². The second-order valence-electron chi connectivity index (χ2n) is 4.89. The smallest absolute Gasteiger partial charge is 0.219 e. The van der Waals surface area contributed by atoms with Crippen LogP contribution in [0.1, 0.15) is 44.6 Å². The van der Waals surface area contributed by atoms with Gasteiger partial charge in [-0.2, -0.15) is 0 Å². The second kappa shape index (κ2) is 6.53. The summed E-state index contributed by atoms with van der Waals surface area (Å²) in [6, 6.07) is 1.87. The summed E-state index contributed by atoms with van der Waals surface area (Å²) >= 11 is 3.36. The van der Waals surface area contributed by atoms with E-state index in [1.54, 1.807) is 6.20 Å². The van der Waals surface area contributed by atoms with Crippen LogP contribution in [0, 0.1) is 5.92 Å². The Morgan fingerprint density at radius 2 is 2.22 bits per heavy atom. The molecule has 0 bridgehead atoms. The number of aliphatic hydroxyl groups excluding tert-OH is 1. The van der Waals surface area contributed by atoms with Crippen molar-refractivity contribution in [3.05, 3.63) is 22.3 Å². The fourth-order valence-corrected chi connectivity index (χ4v) is 3.01. The van der Waals surface area contributed by atoms with Crippen molar-refractivity contribution in [1.82, 2.24) is 4.98 Å². The molecular formula is C14H20BrNO2. The minimum Gasteiger partial charge on any atom is -0.474 e. The van der Waals surface area contributed by atoms with Crippen LogP contribution >= 0.6 is 15.9 Å². The molecule has 1 aromatic rings. The van der Waals surface area contributed by atoms with Crippen molar-refractivity contribution in [3.63, 3.8) is 0 Å². The molecule has 1 aliphatic carbocycles. The lowest BCUT2D eigenvalue weighted by atomic mass is 9.85. The fourth-order valence-electron chi connectivity index (χ4n) is 2.63. The fraction of sp³-hybridized carbons (Fsp3) is 0.643. The third-order valence-corrected chi connectivity index (χ3v) is 4.12.